The first-order chi connectivity index (χ1) is 18.2. The molecule has 1 saturated heterocycles. The van der Waals surface area contributed by atoms with Crippen LogP contribution in [0.3, 0.4) is 0 Å². The zero-order chi connectivity index (χ0) is 27.2. The average molecular weight is 525 g/mol. The number of piperazine rings is 1. The summed E-state index contributed by atoms with van der Waals surface area (Å²) >= 11 is 0. The maximum Gasteiger partial charge on any atom is 0.416 e. The fourth-order valence-electron chi connectivity index (χ4n) is 5.09. The van der Waals surface area contributed by atoms with E-state index >= 15 is 0 Å². The van der Waals surface area contributed by atoms with Crippen molar-refractivity contribution in [3.05, 3.63) is 90.0 Å². The SMILES string of the molecule is CCOC(=O)C(C)(CCCN1CCN(c2ccc(-c3cccc(C(F)(F)F)c3)cc2)CC1)c1ccccc1. The number of halogens is 3. The van der Waals surface area contributed by atoms with E-state index in [-0.39, 0.29) is 5.97 Å². The van der Waals surface area contributed by atoms with Crippen molar-refractivity contribution in [3.63, 3.8) is 0 Å². The first-order valence-corrected chi connectivity index (χ1v) is 13.2. The molecule has 4 nitrogen and oxygen atoms in total. The Morgan fingerprint density at radius 3 is 2.13 bits per heavy atom. The minimum absolute atomic E-state index is 0.176. The average Bonchev–Trinajstić information content (AvgIpc) is 2.94. The molecule has 0 aromatic heterocycles. The molecule has 0 aliphatic carbocycles. The number of hydrogen-bond donors (Lipinski definition) is 0. The van der Waals surface area contributed by atoms with E-state index in [2.05, 4.69) is 9.80 Å². The van der Waals surface area contributed by atoms with Gasteiger partial charge in [-0.25, -0.2) is 0 Å². The van der Waals surface area contributed by atoms with Crippen LogP contribution in [-0.4, -0.2) is 50.2 Å². The fraction of sp³-hybridized carbons (Fsp3) is 0.387. The lowest BCUT2D eigenvalue weighted by Gasteiger charge is -2.37. The number of benzene rings is 3. The number of rotatable bonds is 9. The van der Waals surface area contributed by atoms with E-state index in [1.807, 2.05) is 68.4 Å². The predicted molar refractivity (Wildman–Crippen MR) is 145 cm³/mol. The number of nitrogens with zero attached hydrogens (tertiary/aromatic N) is 2. The number of carbonyl (C=O) groups is 1. The Kier molecular flexibility index (Phi) is 8.77. The van der Waals surface area contributed by atoms with E-state index in [9.17, 15) is 18.0 Å². The van der Waals surface area contributed by atoms with Crippen LogP contribution in [0.5, 0.6) is 0 Å². The van der Waals surface area contributed by atoms with Gasteiger partial charge in [0.1, 0.15) is 0 Å². The van der Waals surface area contributed by atoms with Crippen LogP contribution in [0.2, 0.25) is 0 Å². The summed E-state index contributed by atoms with van der Waals surface area (Å²) in [6.45, 7) is 8.65. The molecule has 0 saturated carbocycles. The van der Waals surface area contributed by atoms with Gasteiger partial charge in [-0.1, -0.05) is 54.6 Å². The van der Waals surface area contributed by atoms with E-state index in [0.717, 1.165) is 62.0 Å². The molecule has 0 radical (unpaired) electrons. The number of anilines is 1. The molecule has 0 bridgehead atoms. The first kappa shape index (κ1) is 27.7. The Bertz CT molecular complexity index is 1190. The quantitative estimate of drug-likeness (QED) is 0.289. The third-order valence-corrected chi connectivity index (χ3v) is 7.42. The second-order valence-corrected chi connectivity index (χ2v) is 9.98. The topological polar surface area (TPSA) is 32.8 Å². The summed E-state index contributed by atoms with van der Waals surface area (Å²) in [6.07, 6.45) is -2.75. The third-order valence-electron chi connectivity index (χ3n) is 7.42. The van der Waals surface area contributed by atoms with E-state index in [1.165, 1.54) is 12.1 Å². The molecule has 1 unspecified atom stereocenters. The van der Waals surface area contributed by atoms with E-state index in [1.54, 1.807) is 6.07 Å². The number of alkyl halides is 3. The Morgan fingerprint density at radius 2 is 1.50 bits per heavy atom. The summed E-state index contributed by atoms with van der Waals surface area (Å²) in [4.78, 5) is 17.6. The molecule has 0 N–H and O–H groups in total. The summed E-state index contributed by atoms with van der Waals surface area (Å²) in [6, 6.07) is 23.0. The molecule has 0 spiro atoms. The third kappa shape index (κ3) is 6.57. The lowest BCUT2D eigenvalue weighted by Crippen LogP contribution is -2.47. The summed E-state index contributed by atoms with van der Waals surface area (Å²) < 4.78 is 44.6. The van der Waals surface area contributed by atoms with Crippen LogP contribution in [0.1, 0.15) is 37.8 Å². The zero-order valence-electron chi connectivity index (χ0n) is 22.0. The molecule has 1 aliphatic heterocycles. The van der Waals surface area contributed by atoms with Crippen molar-refractivity contribution in [2.45, 2.75) is 38.3 Å². The number of hydrogen-bond acceptors (Lipinski definition) is 4. The summed E-state index contributed by atoms with van der Waals surface area (Å²) in [5.41, 5.74) is 2.07. The largest absolute Gasteiger partial charge is 0.465 e. The van der Waals surface area contributed by atoms with Crippen molar-refractivity contribution < 1.29 is 22.7 Å². The molecule has 1 aliphatic rings. The van der Waals surface area contributed by atoms with E-state index in [0.29, 0.717) is 18.6 Å². The standard InChI is InChI=1S/C31H35F3N2O2/c1-3-38-29(37)30(2,26-10-5-4-6-11-26)17-8-18-35-19-21-36(22-20-35)28-15-13-24(14-16-28)25-9-7-12-27(23-25)31(32,33)34/h4-7,9-16,23H,3,8,17-22H2,1-2H3. The fourth-order valence-corrected chi connectivity index (χ4v) is 5.09. The minimum Gasteiger partial charge on any atom is -0.465 e. The molecule has 0 amide bonds. The van der Waals surface area contributed by atoms with Gasteiger partial charge in [0, 0.05) is 31.9 Å². The maximum atomic E-state index is 13.1. The normalized spacial score (nSPS) is 16.2. The second kappa shape index (κ2) is 12.0. The molecule has 1 atom stereocenters. The number of esters is 1. The molecule has 38 heavy (non-hydrogen) atoms. The molecule has 1 heterocycles. The van der Waals surface area contributed by atoms with Crippen LogP contribution in [0.25, 0.3) is 11.1 Å². The second-order valence-electron chi connectivity index (χ2n) is 9.98. The van der Waals surface area contributed by atoms with Gasteiger partial charge in [-0.2, -0.15) is 13.2 Å². The summed E-state index contributed by atoms with van der Waals surface area (Å²) in [5, 5.41) is 0. The molecule has 202 valence electrons. The summed E-state index contributed by atoms with van der Waals surface area (Å²) in [7, 11) is 0. The van der Waals surface area contributed by atoms with Gasteiger partial charge in [-0.15, -0.1) is 0 Å². The highest BCUT2D eigenvalue weighted by atomic mass is 19.4. The van der Waals surface area contributed by atoms with Gasteiger partial charge in [0.05, 0.1) is 17.6 Å². The molecule has 3 aromatic carbocycles. The maximum absolute atomic E-state index is 13.1. The van der Waals surface area contributed by atoms with Gasteiger partial charge >= 0.3 is 12.1 Å². The zero-order valence-corrected chi connectivity index (χ0v) is 22.0. The van der Waals surface area contributed by atoms with Crippen LogP contribution >= 0.6 is 0 Å². The highest BCUT2D eigenvalue weighted by Gasteiger charge is 2.36. The van der Waals surface area contributed by atoms with E-state index in [4.69, 9.17) is 4.74 Å². The predicted octanol–water partition coefficient (Wildman–Crippen LogP) is 6.80. The van der Waals surface area contributed by atoms with Gasteiger partial charge in [0.2, 0.25) is 0 Å². The van der Waals surface area contributed by atoms with Crippen LogP contribution in [0.4, 0.5) is 18.9 Å². The molecule has 3 aromatic rings. The number of carbonyl (C=O) groups excluding carboxylic acids is 1. The van der Waals surface area contributed by atoms with Crippen LogP contribution in [-0.2, 0) is 21.1 Å². The van der Waals surface area contributed by atoms with Crippen LogP contribution in [0.15, 0.2) is 78.9 Å². The van der Waals surface area contributed by atoms with Gasteiger partial charge in [-0.05, 0) is 74.2 Å². The summed E-state index contributed by atoms with van der Waals surface area (Å²) in [5.74, 6) is -0.176. The highest BCUT2D eigenvalue weighted by Crippen LogP contribution is 2.33. The first-order valence-electron chi connectivity index (χ1n) is 13.2. The molecule has 1 fully saturated rings. The van der Waals surface area contributed by atoms with Crippen molar-refractivity contribution in [3.8, 4) is 11.1 Å². The smallest absolute Gasteiger partial charge is 0.416 e. The van der Waals surface area contributed by atoms with Gasteiger partial charge in [-0.3, -0.25) is 9.69 Å². The van der Waals surface area contributed by atoms with Crippen molar-refractivity contribution in [2.24, 2.45) is 0 Å². The Labute approximate surface area is 223 Å². The lowest BCUT2D eigenvalue weighted by molar-refractivity contribution is -0.150. The van der Waals surface area contributed by atoms with E-state index < -0.39 is 17.2 Å². The van der Waals surface area contributed by atoms with Crippen molar-refractivity contribution in [2.75, 3.05) is 44.2 Å². The van der Waals surface area contributed by atoms with Gasteiger partial charge in [0.25, 0.3) is 0 Å². The Hall–Kier alpha value is -3.32. The lowest BCUT2D eigenvalue weighted by atomic mass is 9.78. The molecule has 7 heteroatoms. The van der Waals surface area contributed by atoms with Crippen molar-refractivity contribution >= 4 is 11.7 Å². The molecule has 4 rings (SSSR count). The molecular formula is C31H35F3N2O2. The van der Waals surface area contributed by atoms with Crippen LogP contribution in [0, 0.1) is 0 Å². The highest BCUT2D eigenvalue weighted by molar-refractivity contribution is 5.82. The molecular weight excluding hydrogens is 489 g/mol. The van der Waals surface area contributed by atoms with Gasteiger partial charge < -0.3 is 9.64 Å². The van der Waals surface area contributed by atoms with Crippen molar-refractivity contribution in [1.29, 1.82) is 0 Å². The Morgan fingerprint density at radius 1 is 0.842 bits per heavy atom. The van der Waals surface area contributed by atoms with Crippen molar-refractivity contribution in [1.82, 2.24) is 4.90 Å². The van der Waals surface area contributed by atoms with Crippen LogP contribution < -0.4 is 4.90 Å². The number of ether oxygens (including phenoxy) is 1. The Balaban J connectivity index is 1.30. The monoisotopic (exact) mass is 524 g/mol. The minimum atomic E-state index is -4.35. The van der Waals surface area contributed by atoms with Gasteiger partial charge in [0.15, 0.2) is 0 Å².